The van der Waals surface area contributed by atoms with Crippen LogP contribution in [-0.2, 0) is 4.79 Å². The zero-order chi connectivity index (χ0) is 13.7. The van der Waals surface area contributed by atoms with Crippen LogP contribution in [-0.4, -0.2) is 79.8 Å². The van der Waals surface area contributed by atoms with Gasteiger partial charge in [0.2, 0.25) is 5.91 Å². The van der Waals surface area contributed by atoms with E-state index in [4.69, 9.17) is 0 Å². The van der Waals surface area contributed by atoms with Crippen LogP contribution in [0, 0.1) is 0 Å². The third-order valence-electron chi connectivity index (χ3n) is 2.91. The van der Waals surface area contributed by atoms with Crippen molar-refractivity contribution >= 4 is 11.9 Å². The van der Waals surface area contributed by atoms with Gasteiger partial charge in [0.1, 0.15) is 0 Å². The predicted molar refractivity (Wildman–Crippen MR) is 67.1 cm³/mol. The second-order valence-electron chi connectivity index (χ2n) is 4.86. The first-order chi connectivity index (χ1) is 8.42. The Morgan fingerprint density at radius 1 is 1.44 bits per heavy atom. The molecule has 0 spiro atoms. The van der Waals surface area contributed by atoms with Crippen molar-refractivity contribution in [3.8, 4) is 0 Å². The van der Waals surface area contributed by atoms with Gasteiger partial charge in [0.05, 0.1) is 12.6 Å². The predicted octanol–water partition coefficient (Wildman–Crippen LogP) is -1.56. The lowest BCUT2D eigenvalue weighted by Gasteiger charge is -2.25. The van der Waals surface area contributed by atoms with E-state index in [1.807, 2.05) is 23.9 Å². The number of imide groups is 1. The van der Waals surface area contributed by atoms with E-state index in [2.05, 4.69) is 10.6 Å². The van der Waals surface area contributed by atoms with Crippen molar-refractivity contribution in [1.29, 1.82) is 0 Å². The van der Waals surface area contributed by atoms with E-state index in [0.29, 0.717) is 13.0 Å². The molecular formula is C11H22N4O3. The lowest BCUT2D eigenvalue weighted by atomic mass is 10.2. The summed E-state index contributed by atoms with van der Waals surface area (Å²) in [6, 6.07) is -0.366. The van der Waals surface area contributed by atoms with Gasteiger partial charge in [0.25, 0.3) is 0 Å². The first-order valence-electron chi connectivity index (χ1n) is 6.00. The Morgan fingerprint density at radius 3 is 2.67 bits per heavy atom. The second kappa shape index (κ2) is 6.67. The monoisotopic (exact) mass is 258 g/mol. The van der Waals surface area contributed by atoms with Crippen molar-refractivity contribution in [3.63, 3.8) is 0 Å². The topological polar surface area (TPSA) is 84.9 Å². The Bertz CT molecular complexity index is 309. The van der Waals surface area contributed by atoms with Crippen LogP contribution in [0.3, 0.4) is 0 Å². The van der Waals surface area contributed by atoms with Crippen LogP contribution in [0.2, 0.25) is 0 Å². The van der Waals surface area contributed by atoms with Crippen molar-refractivity contribution in [2.75, 3.05) is 40.8 Å². The minimum atomic E-state index is -0.510. The molecule has 3 N–H and O–H groups in total. The van der Waals surface area contributed by atoms with Gasteiger partial charge in [0, 0.05) is 26.2 Å². The molecule has 1 fully saturated rings. The summed E-state index contributed by atoms with van der Waals surface area (Å²) >= 11 is 0. The number of hydrogen-bond donors (Lipinski definition) is 3. The van der Waals surface area contributed by atoms with Crippen LogP contribution in [0.4, 0.5) is 4.79 Å². The average Bonchev–Trinajstić information content (AvgIpc) is 2.57. The molecule has 7 nitrogen and oxygen atoms in total. The zero-order valence-electron chi connectivity index (χ0n) is 11.1. The van der Waals surface area contributed by atoms with Gasteiger partial charge in [-0.15, -0.1) is 0 Å². The van der Waals surface area contributed by atoms with Gasteiger partial charge in [0.15, 0.2) is 0 Å². The molecule has 3 amide bonds. The highest BCUT2D eigenvalue weighted by Gasteiger charge is 2.32. The van der Waals surface area contributed by atoms with Crippen molar-refractivity contribution in [3.05, 3.63) is 0 Å². The van der Waals surface area contributed by atoms with Crippen LogP contribution in [0.15, 0.2) is 0 Å². The smallest absolute Gasteiger partial charge is 0.321 e. The molecule has 0 saturated carbocycles. The van der Waals surface area contributed by atoms with Gasteiger partial charge >= 0.3 is 6.03 Å². The number of aliphatic hydroxyl groups is 1. The minimum absolute atomic E-state index is 0.128. The fourth-order valence-corrected chi connectivity index (χ4v) is 2.18. The zero-order valence-corrected chi connectivity index (χ0v) is 11.1. The third kappa shape index (κ3) is 4.59. The standard InChI is InChI=1S/C11H22N4O3/c1-12-11(18)13-10(17)7-15-6-9(16)4-8(15)5-14(2)3/h8-9,16H,4-7H2,1-3H3,(H2,12,13,17,18). The number of rotatable bonds is 4. The number of likely N-dealkylation sites (tertiary alicyclic amines) is 1. The fourth-order valence-electron chi connectivity index (χ4n) is 2.18. The molecule has 2 atom stereocenters. The summed E-state index contributed by atoms with van der Waals surface area (Å²) in [5.41, 5.74) is 0. The van der Waals surface area contributed by atoms with E-state index in [-0.39, 0.29) is 18.5 Å². The molecular weight excluding hydrogens is 236 g/mol. The molecule has 1 heterocycles. The average molecular weight is 258 g/mol. The first kappa shape index (κ1) is 14.9. The van der Waals surface area contributed by atoms with E-state index in [9.17, 15) is 14.7 Å². The van der Waals surface area contributed by atoms with E-state index in [0.717, 1.165) is 6.54 Å². The second-order valence-corrected chi connectivity index (χ2v) is 4.86. The fraction of sp³-hybridized carbons (Fsp3) is 0.818. The minimum Gasteiger partial charge on any atom is -0.392 e. The molecule has 0 aromatic rings. The Hall–Kier alpha value is -1.18. The Balaban J connectivity index is 2.48. The van der Waals surface area contributed by atoms with E-state index >= 15 is 0 Å². The summed E-state index contributed by atoms with van der Waals surface area (Å²) in [5, 5.41) is 14.2. The number of amides is 3. The summed E-state index contributed by atoms with van der Waals surface area (Å²) in [4.78, 5) is 26.5. The van der Waals surface area contributed by atoms with Gasteiger partial charge in [-0.25, -0.2) is 4.79 Å². The quantitative estimate of drug-likeness (QED) is 0.568. The highest BCUT2D eigenvalue weighted by Crippen LogP contribution is 2.17. The normalized spacial score (nSPS) is 24.3. The molecule has 0 aromatic carbocycles. The largest absolute Gasteiger partial charge is 0.392 e. The Morgan fingerprint density at radius 2 is 2.11 bits per heavy atom. The highest BCUT2D eigenvalue weighted by atomic mass is 16.3. The maximum atomic E-state index is 11.6. The Kier molecular flexibility index (Phi) is 5.52. The number of likely N-dealkylation sites (N-methyl/N-ethyl adjacent to an activating group) is 1. The van der Waals surface area contributed by atoms with Gasteiger partial charge in [-0.05, 0) is 20.5 Å². The third-order valence-corrected chi connectivity index (χ3v) is 2.91. The molecule has 0 aromatic heterocycles. The van der Waals surface area contributed by atoms with Gasteiger partial charge in [-0.3, -0.25) is 15.0 Å². The highest BCUT2D eigenvalue weighted by molar-refractivity contribution is 5.95. The summed E-state index contributed by atoms with van der Waals surface area (Å²) in [6.45, 7) is 1.38. The lowest BCUT2D eigenvalue weighted by Crippen LogP contribution is -2.46. The molecule has 0 bridgehead atoms. The number of β-amino-alcohol motifs (C(OH)–C–C–N with tert-alkyl or cyclic N) is 1. The number of hydrogen-bond acceptors (Lipinski definition) is 5. The SMILES string of the molecule is CNC(=O)NC(=O)CN1CC(O)CC1CN(C)C. The van der Waals surface area contributed by atoms with Crippen molar-refractivity contribution in [2.24, 2.45) is 0 Å². The van der Waals surface area contributed by atoms with Crippen LogP contribution >= 0.6 is 0 Å². The summed E-state index contributed by atoms with van der Waals surface area (Å²) in [7, 11) is 5.36. The lowest BCUT2D eigenvalue weighted by molar-refractivity contribution is -0.121. The summed E-state index contributed by atoms with van der Waals surface area (Å²) in [5.74, 6) is -0.354. The number of carbonyl (C=O) groups is 2. The van der Waals surface area contributed by atoms with Crippen LogP contribution in [0.25, 0.3) is 0 Å². The first-order valence-corrected chi connectivity index (χ1v) is 6.00. The molecule has 1 rings (SSSR count). The van der Waals surface area contributed by atoms with E-state index in [1.165, 1.54) is 7.05 Å². The number of carbonyl (C=O) groups excluding carboxylic acids is 2. The van der Waals surface area contributed by atoms with Crippen LogP contribution in [0.1, 0.15) is 6.42 Å². The Labute approximate surface area is 107 Å². The molecule has 7 heteroatoms. The van der Waals surface area contributed by atoms with E-state index in [1.54, 1.807) is 0 Å². The maximum absolute atomic E-state index is 11.6. The molecule has 1 saturated heterocycles. The number of nitrogens with zero attached hydrogens (tertiary/aromatic N) is 2. The van der Waals surface area contributed by atoms with Crippen LogP contribution in [0.5, 0.6) is 0 Å². The molecule has 0 radical (unpaired) electrons. The van der Waals surface area contributed by atoms with Crippen molar-refractivity contribution in [2.45, 2.75) is 18.6 Å². The molecule has 1 aliphatic rings. The molecule has 104 valence electrons. The van der Waals surface area contributed by atoms with Gasteiger partial charge in [-0.2, -0.15) is 0 Å². The van der Waals surface area contributed by atoms with E-state index < -0.39 is 12.1 Å². The number of nitrogens with one attached hydrogen (secondary N) is 2. The van der Waals surface area contributed by atoms with Crippen LogP contribution < -0.4 is 10.6 Å². The molecule has 2 unspecified atom stereocenters. The molecule has 0 aliphatic carbocycles. The van der Waals surface area contributed by atoms with Crippen molar-refractivity contribution < 1.29 is 14.7 Å². The summed E-state index contributed by atoms with van der Waals surface area (Å²) in [6.07, 6.45) is 0.258. The van der Waals surface area contributed by atoms with Gasteiger partial charge in [-0.1, -0.05) is 0 Å². The molecule has 1 aliphatic heterocycles. The van der Waals surface area contributed by atoms with Gasteiger partial charge < -0.3 is 15.3 Å². The maximum Gasteiger partial charge on any atom is 0.321 e. The molecule has 18 heavy (non-hydrogen) atoms. The number of urea groups is 1. The van der Waals surface area contributed by atoms with Crippen molar-refractivity contribution in [1.82, 2.24) is 20.4 Å². The summed E-state index contributed by atoms with van der Waals surface area (Å²) < 4.78 is 0. The number of aliphatic hydroxyl groups excluding tert-OH is 1.